The van der Waals surface area contributed by atoms with Gasteiger partial charge < -0.3 is 10.2 Å². The van der Waals surface area contributed by atoms with E-state index in [9.17, 15) is 14.4 Å². The topological polar surface area (TPSA) is 91.7 Å². The summed E-state index contributed by atoms with van der Waals surface area (Å²) >= 11 is 0. The minimum atomic E-state index is -1.95. The molecule has 49 valence electrons. The van der Waals surface area contributed by atoms with E-state index in [0.29, 0.717) is 0 Å². The molecular formula is C4H3O5. The number of aliphatic carboxylic acids is 2. The molecule has 9 heavy (non-hydrogen) atoms. The molecule has 0 saturated heterocycles. The van der Waals surface area contributed by atoms with Gasteiger partial charge in [-0.25, -0.2) is 9.59 Å². The summed E-state index contributed by atoms with van der Waals surface area (Å²) in [4.78, 5) is 28.5. The number of carboxylic acid groups (broad SMARTS) is 2. The van der Waals surface area contributed by atoms with Gasteiger partial charge in [0.05, 0.1) is 0 Å². The zero-order valence-electron chi connectivity index (χ0n) is 4.20. The van der Waals surface area contributed by atoms with Gasteiger partial charge in [0.25, 0.3) is 0 Å². The van der Waals surface area contributed by atoms with Crippen molar-refractivity contribution < 1.29 is 24.6 Å². The Balaban J connectivity index is 0. The van der Waals surface area contributed by atoms with Crippen molar-refractivity contribution in [2.75, 3.05) is 0 Å². The van der Waals surface area contributed by atoms with Gasteiger partial charge in [-0.2, -0.15) is 0 Å². The lowest BCUT2D eigenvalue weighted by atomic mass is 10.4. The number of rotatable bonds is 2. The maximum Gasteiger partial charge on any atom is 0.384 e. The molecule has 5 heteroatoms. The standard InChI is InChI=1S/C3H2O5.CH/c4-1(2(5)6)3(7)8;/h(H,5,6)(H,7,8);1H. The molecule has 0 aromatic rings. The maximum absolute atomic E-state index is 9.64. The van der Waals surface area contributed by atoms with Crippen molar-refractivity contribution in [3.8, 4) is 0 Å². The van der Waals surface area contributed by atoms with Crippen LogP contribution in [0.2, 0.25) is 0 Å². The third-order valence-corrected chi connectivity index (χ3v) is 0.388. The number of hydrogen-bond donors (Lipinski definition) is 2. The van der Waals surface area contributed by atoms with Gasteiger partial charge in [0, 0.05) is 0 Å². The Morgan fingerprint density at radius 2 is 1.11 bits per heavy atom. The highest BCUT2D eigenvalue weighted by Crippen LogP contribution is 1.69. The lowest BCUT2D eigenvalue weighted by molar-refractivity contribution is -0.159. The molecule has 0 rings (SSSR count). The van der Waals surface area contributed by atoms with Crippen LogP contribution < -0.4 is 0 Å². The third-order valence-electron chi connectivity index (χ3n) is 0.388. The van der Waals surface area contributed by atoms with Gasteiger partial charge in [0.2, 0.25) is 0 Å². The predicted octanol–water partition coefficient (Wildman–Crippen LogP) is -1.07. The summed E-state index contributed by atoms with van der Waals surface area (Å²) in [5.74, 6) is -5.71. The minimum Gasteiger partial charge on any atom is -0.475 e. The van der Waals surface area contributed by atoms with Crippen LogP contribution in [0.5, 0.6) is 0 Å². The molecule has 0 spiro atoms. The highest BCUT2D eigenvalue weighted by molar-refractivity contribution is 6.59. The smallest absolute Gasteiger partial charge is 0.384 e. The molecule has 0 aliphatic rings. The molecular weight excluding hydrogens is 128 g/mol. The number of Topliss-reactive ketones (excluding diaryl/α,β-unsaturated/α-hetero) is 1. The van der Waals surface area contributed by atoms with Crippen molar-refractivity contribution in [3.63, 3.8) is 0 Å². The summed E-state index contributed by atoms with van der Waals surface area (Å²) in [6.07, 6.45) is 0. The minimum absolute atomic E-state index is 0. The summed E-state index contributed by atoms with van der Waals surface area (Å²) in [7, 11) is 0. The van der Waals surface area contributed by atoms with Gasteiger partial charge >= 0.3 is 17.7 Å². The van der Waals surface area contributed by atoms with Gasteiger partial charge in [-0.3, -0.25) is 4.79 Å². The molecule has 0 saturated carbocycles. The van der Waals surface area contributed by atoms with Crippen LogP contribution in [-0.4, -0.2) is 27.9 Å². The van der Waals surface area contributed by atoms with E-state index in [0.717, 1.165) is 0 Å². The molecule has 0 heterocycles. The molecule has 5 nitrogen and oxygen atoms in total. The van der Waals surface area contributed by atoms with E-state index in [1.54, 1.807) is 0 Å². The number of carbonyl (C=O) groups is 3. The Kier molecular flexibility index (Phi) is 4.22. The SMILES string of the molecule is O=C(O)C(=O)C(=O)O.[CH]. The molecule has 0 unspecified atom stereocenters. The Morgan fingerprint density at radius 1 is 0.889 bits per heavy atom. The van der Waals surface area contributed by atoms with E-state index < -0.39 is 17.7 Å². The average molecular weight is 131 g/mol. The Morgan fingerprint density at radius 3 is 1.11 bits per heavy atom. The number of carbonyl (C=O) groups excluding carboxylic acids is 1. The summed E-state index contributed by atoms with van der Waals surface area (Å²) < 4.78 is 0. The van der Waals surface area contributed by atoms with Crippen molar-refractivity contribution in [1.29, 1.82) is 0 Å². The Hall–Kier alpha value is -1.39. The monoisotopic (exact) mass is 131 g/mol. The Bertz CT molecular complexity index is 131. The first kappa shape index (κ1) is 10.6. The molecule has 0 amide bonds. The van der Waals surface area contributed by atoms with Crippen LogP contribution in [0, 0.1) is 7.43 Å². The molecule has 0 atom stereocenters. The van der Waals surface area contributed by atoms with Crippen LogP contribution in [0.1, 0.15) is 0 Å². The highest BCUT2D eigenvalue weighted by atomic mass is 16.4. The lowest BCUT2D eigenvalue weighted by Gasteiger charge is -1.80. The molecule has 0 bridgehead atoms. The van der Waals surface area contributed by atoms with Crippen molar-refractivity contribution >= 4 is 17.7 Å². The van der Waals surface area contributed by atoms with E-state index >= 15 is 0 Å². The van der Waals surface area contributed by atoms with Crippen LogP contribution in [-0.2, 0) is 14.4 Å². The molecule has 0 aromatic carbocycles. The fourth-order valence-electron chi connectivity index (χ4n) is 0.0915. The van der Waals surface area contributed by atoms with Gasteiger partial charge in [-0.1, -0.05) is 0 Å². The van der Waals surface area contributed by atoms with Crippen LogP contribution in [0.25, 0.3) is 0 Å². The van der Waals surface area contributed by atoms with E-state index in [2.05, 4.69) is 0 Å². The molecule has 2 N–H and O–H groups in total. The van der Waals surface area contributed by atoms with Crippen molar-refractivity contribution in [1.82, 2.24) is 0 Å². The Labute approximate surface area is 50.9 Å². The normalized spacial score (nSPS) is 7.11. The number of carboxylic acids is 2. The zero-order chi connectivity index (χ0) is 6.73. The van der Waals surface area contributed by atoms with Gasteiger partial charge in [0.1, 0.15) is 0 Å². The second kappa shape index (κ2) is 3.59. The van der Waals surface area contributed by atoms with Crippen LogP contribution in [0.3, 0.4) is 0 Å². The van der Waals surface area contributed by atoms with Gasteiger partial charge in [-0.05, 0) is 7.43 Å². The predicted molar refractivity (Wildman–Crippen MR) is 24.6 cm³/mol. The fraction of sp³-hybridized carbons (Fsp3) is 0. The summed E-state index contributed by atoms with van der Waals surface area (Å²) in [6, 6.07) is 0. The van der Waals surface area contributed by atoms with Crippen LogP contribution in [0.15, 0.2) is 0 Å². The summed E-state index contributed by atoms with van der Waals surface area (Å²) in [5.41, 5.74) is 0. The molecule has 0 fully saturated rings. The second-order valence-electron chi connectivity index (χ2n) is 0.939. The quantitative estimate of drug-likeness (QED) is 0.367. The summed E-state index contributed by atoms with van der Waals surface area (Å²) in [5, 5.41) is 15.2. The van der Waals surface area contributed by atoms with E-state index in [1.165, 1.54) is 0 Å². The first-order valence-corrected chi connectivity index (χ1v) is 1.56. The third kappa shape index (κ3) is 3.22. The van der Waals surface area contributed by atoms with E-state index in [1.807, 2.05) is 0 Å². The molecule has 3 radical (unpaired) electrons. The average Bonchev–Trinajstić information content (AvgIpc) is 1.64. The number of hydrogen-bond acceptors (Lipinski definition) is 3. The first-order chi connectivity index (χ1) is 3.55. The largest absolute Gasteiger partial charge is 0.475 e. The van der Waals surface area contributed by atoms with Crippen LogP contribution in [0.4, 0.5) is 0 Å². The maximum atomic E-state index is 9.64. The lowest BCUT2D eigenvalue weighted by Crippen LogP contribution is -2.22. The van der Waals surface area contributed by atoms with Crippen LogP contribution >= 0.6 is 0 Å². The second-order valence-corrected chi connectivity index (χ2v) is 0.939. The molecule has 0 aliphatic carbocycles. The zero-order valence-corrected chi connectivity index (χ0v) is 4.20. The van der Waals surface area contributed by atoms with E-state index in [-0.39, 0.29) is 7.43 Å². The van der Waals surface area contributed by atoms with E-state index in [4.69, 9.17) is 10.2 Å². The number of ketones is 1. The van der Waals surface area contributed by atoms with Gasteiger partial charge in [-0.15, -0.1) is 0 Å². The fourth-order valence-corrected chi connectivity index (χ4v) is 0.0915. The van der Waals surface area contributed by atoms with Crippen molar-refractivity contribution in [2.45, 2.75) is 0 Å². The first-order valence-electron chi connectivity index (χ1n) is 1.56. The van der Waals surface area contributed by atoms with Gasteiger partial charge in [0.15, 0.2) is 0 Å². The molecule has 0 aliphatic heterocycles. The molecule has 0 aromatic heterocycles. The van der Waals surface area contributed by atoms with Crippen molar-refractivity contribution in [2.24, 2.45) is 0 Å². The summed E-state index contributed by atoms with van der Waals surface area (Å²) in [6.45, 7) is 0. The highest BCUT2D eigenvalue weighted by Gasteiger charge is 2.19. The van der Waals surface area contributed by atoms with Crippen molar-refractivity contribution in [3.05, 3.63) is 7.43 Å².